The Balaban J connectivity index is 1.98. The van der Waals surface area contributed by atoms with E-state index in [9.17, 15) is 19.8 Å². The second-order valence-electron chi connectivity index (χ2n) is 6.60. The van der Waals surface area contributed by atoms with Gasteiger partial charge in [-0.3, -0.25) is 0 Å². The van der Waals surface area contributed by atoms with Gasteiger partial charge in [-0.15, -0.1) is 0 Å². The van der Waals surface area contributed by atoms with Crippen molar-refractivity contribution in [3.8, 4) is 11.5 Å². The molecule has 2 aromatic carbocycles. The third-order valence-corrected chi connectivity index (χ3v) is 5.32. The highest BCUT2D eigenvalue weighted by atomic mass is 32.2. The second kappa shape index (κ2) is 11.2. The minimum atomic E-state index is -1.36. The number of para-hydroxylation sites is 1. The Bertz CT molecular complexity index is 1120. The van der Waals surface area contributed by atoms with E-state index in [4.69, 9.17) is 14.2 Å². The summed E-state index contributed by atoms with van der Waals surface area (Å²) < 4.78 is 15.8. The van der Waals surface area contributed by atoms with Gasteiger partial charge in [-0.05, 0) is 50.3 Å². The van der Waals surface area contributed by atoms with E-state index in [1.54, 1.807) is 61.5 Å². The monoisotopic (exact) mass is 468 g/mol. The van der Waals surface area contributed by atoms with Crippen molar-refractivity contribution in [2.45, 2.75) is 13.8 Å². The molecule has 2 aromatic rings. The van der Waals surface area contributed by atoms with Crippen LogP contribution in [0, 0.1) is 0 Å². The number of benzene rings is 2. The summed E-state index contributed by atoms with van der Waals surface area (Å²) in [7, 11) is 0. The summed E-state index contributed by atoms with van der Waals surface area (Å²) in [6.07, 6.45) is 1.59. The maximum Gasteiger partial charge on any atom is 0.344 e. The Kier molecular flexibility index (Phi) is 8.15. The number of ether oxygens (including phenoxy) is 3. The molecule has 172 valence electrons. The van der Waals surface area contributed by atoms with Gasteiger partial charge in [0.1, 0.15) is 34.5 Å². The lowest BCUT2D eigenvalue weighted by Crippen LogP contribution is -2.29. The molecular weight excluding hydrogens is 446 g/mol. The smallest absolute Gasteiger partial charge is 0.344 e. The van der Waals surface area contributed by atoms with E-state index in [2.05, 4.69) is 4.99 Å². The molecule has 0 aliphatic carbocycles. The van der Waals surface area contributed by atoms with Crippen LogP contribution in [-0.4, -0.2) is 41.9 Å². The van der Waals surface area contributed by atoms with E-state index in [-0.39, 0.29) is 28.7 Å². The molecule has 0 aromatic heterocycles. The topological polar surface area (TPSA) is 117 Å². The molecular formula is C24H22NO7S-. The molecule has 0 radical (unpaired) electrons. The molecule has 0 unspecified atom stereocenters. The zero-order valence-electron chi connectivity index (χ0n) is 18.1. The minimum absolute atomic E-state index is 0.0462. The number of aliphatic imine (C=N–C) groups is 1. The largest absolute Gasteiger partial charge is 0.546 e. The first-order valence-electron chi connectivity index (χ1n) is 10.2. The number of carbonyl (C=O) groups excluding carboxylic acids is 2. The zero-order valence-corrected chi connectivity index (χ0v) is 18.9. The molecule has 1 N–H and O–H groups in total. The van der Waals surface area contributed by atoms with Crippen molar-refractivity contribution in [1.82, 2.24) is 0 Å². The minimum Gasteiger partial charge on any atom is -0.546 e. The van der Waals surface area contributed by atoms with Gasteiger partial charge in [-0.2, -0.15) is 0 Å². The summed E-state index contributed by atoms with van der Waals surface area (Å²) >= 11 is 1.09. The van der Waals surface area contributed by atoms with E-state index in [1.807, 2.05) is 6.92 Å². The van der Waals surface area contributed by atoms with Gasteiger partial charge in [-0.25, -0.2) is 9.79 Å². The fourth-order valence-corrected chi connectivity index (χ4v) is 3.93. The zero-order chi connectivity index (χ0) is 23.8. The molecule has 33 heavy (non-hydrogen) atoms. The Morgan fingerprint density at radius 3 is 2.45 bits per heavy atom. The van der Waals surface area contributed by atoms with Gasteiger partial charge in [0.05, 0.1) is 29.8 Å². The van der Waals surface area contributed by atoms with Crippen LogP contribution < -0.4 is 14.6 Å². The van der Waals surface area contributed by atoms with E-state index >= 15 is 0 Å². The predicted molar refractivity (Wildman–Crippen MR) is 124 cm³/mol. The van der Waals surface area contributed by atoms with Gasteiger partial charge < -0.3 is 29.2 Å². The maximum absolute atomic E-state index is 12.6. The van der Waals surface area contributed by atoms with Crippen molar-refractivity contribution < 1.29 is 34.0 Å². The van der Waals surface area contributed by atoms with Crippen molar-refractivity contribution in [2.24, 2.45) is 4.99 Å². The average Bonchev–Trinajstić information content (AvgIpc) is 3.09. The number of nitrogens with zero attached hydrogens (tertiary/aromatic N) is 1. The van der Waals surface area contributed by atoms with Crippen molar-refractivity contribution in [1.29, 1.82) is 0 Å². The number of carboxylic acid groups (broad SMARTS) is 1. The van der Waals surface area contributed by atoms with E-state index in [1.165, 1.54) is 0 Å². The van der Waals surface area contributed by atoms with Gasteiger partial charge >= 0.3 is 5.97 Å². The number of hydrogen-bond acceptors (Lipinski definition) is 9. The van der Waals surface area contributed by atoms with E-state index in [0.29, 0.717) is 28.5 Å². The summed E-state index contributed by atoms with van der Waals surface area (Å²) in [4.78, 5) is 28.2. The summed E-state index contributed by atoms with van der Waals surface area (Å²) in [5, 5.41) is 21.9. The Morgan fingerprint density at radius 2 is 1.79 bits per heavy atom. The van der Waals surface area contributed by atoms with Crippen LogP contribution in [0.1, 0.15) is 19.4 Å². The van der Waals surface area contributed by atoms with E-state index < -0.39 is 18.5 Å². The molecule has 0 bridgehead atoms. The predicted octanol–water partition coefficient (Wildman–Crippen LogP) is 3.41. The SMILES string of the molecule is CCOC(=O)C1=C(O)/C(=C/c2ccccc2OCC(=O)[O-])SC1=Nc1ccc(OCC)cc1. The fraction of sp³-hybridized carbons (Fsp3) is 0.208. The van der Waals surface area contributed by atoms with Crippen molar-refractivity contribution in [3.05, 3.63) is 70.3 Å². The first-order valence-corrected chi connectivity index (χ1v) is 11.0. The van der Waals surface area contributed by atoms with Gasteiger partial charge in [-0.1, -0.05) is 30.0 Å². The molecule has 0 fully saturated rings. The lowest BCUT2D eigenvalue weighted by atomic mass is 10.1. The highest BCUT2D eigenvalue weighted by Crippen LogP contribution is 2.41. The summed E-state index contributed by atoms with van der Waals surface area (Å²) in [5.74, 6) is -1.35. The number of carboxylic acids is 1. The van der Waals surface area contributed by atoms with Crippen LogP contribution in [0.5, 0.6) is 11.5 Å². The van der Waals surface area contributed by atoms with Crippen LogP contribution in [0.2, 0.25) is 0 Å². The Labute approximate surface area is 195 Å². The average molecular weight is 469 g/mol. The molecule has 1 aliphatic heterocycles. The van der Waals surface area contributed by atoms with Crippen LogP contribution in [0.15, 0.2) is 69.8 Å². The second-order valence-corrected chi connectivity index (χ2v) is 7.63. The molecule has 0 amide bonds. The van der Waals surface area contributed by atoms with Gasteiger partial charge in [0.2, 0.25) is 0 Å². The van der Waals surface area contributed by atoms with Crippen LogP contribution in [-0.2, 0) is 14.3 Å². The number of thioether (sulfide) groups is 1. The fourth-order valence-electron chi connectivity index (χ4n) is 2.90. The molecule has 0 atom stereocenters. The summed E-state index contributed by atoms with van der Waals surface area (Å²) in [6, 6.07) is 13.7. The van der Waals surface area contributed by atoms with Gasteiger partial charge in [0.25, 0.3) is 0 Å². The molecule has 8 nitrogen and oxygen atoms in total. The highest BCUT2D eigenvalue weighted by Gasteiger charge is 2.33. The number of hydrogen-bond donors (Lipinski definition) is 1. The van der Waals surface area contributed by atoms with Crippen LogP contribution in [0.4, 0.5) is 5.69 Å². The number of carbonyl (C=O) groups is 2. The lowest BCUT2D eigenvalue weighted by Gasteiger charge is -2.10. The third kappa shape index (κ3) is 6.17. The first kappa shape index (κ1) is 23.9. The molecule has 9 heteroatoms. The Hall–Kier alpha value is -3.72. The third-order valence-electron chi connectivity index (χ3n) is 4.30. The van der Waals surface area contributed by atoms with E-state index in [0.717, 1.165) is 11.8 Å². The van der Waals surface area contributed by atoms with Crippen LogP contribution in [0.3, 0.4) is 0 Å². The maximum atomic E-state index is 12.6. The summed E-state index contributed by atoms with van der Waals surface area (Å²) in [6.45, 7) is 3.61. The van der Waals surface area contributed by atoms with Crippen LogP contribution >= 0.6 is 11.8 Å². The first-order chi connectivity index (χ1) is 15.9. The molecule has 0 saturated heterocycles. The number of rotatable bonds is 9. The quantitative estimate of drug-likeness (QED) is 0.557. The molecule has 0 saturated carbocycles. The number of aliphatic carboxylic acids is 1. The van der Waals surface area contributed by atoms with Gasteiger partial charge in [0.15, 0.2) is 0 Å². The van der Waals surface area contributed by atoms with Crippen molar-refractivity contribution >= 4 is 40.5 Å². The molecule has 0 spiro atoms. The molecule has 3 rings (SSSR count). The number of aliphatic hydroxyl groups is 1. The molecule has 1 aliphatic rings. The van der Waals surface area contributed by atoms with Crippen LogP contribution in [0.25, 0.3) is 6.08 Å². The van der Waals surface area contributed by atoms with Gasteiger partial charge in [0, 0.05) is 5.56 Å². The standard InChI is InChI=1S/C24H23NO7S/c1-3-30-17-11-9-16(10-12-17)25-23-21(24(29)31-4-2)22(28)19(33-23)13-15-7-5-6-8-18(15)32-14-20(26)27/h5-13,28H,3-4,14H2,1-2H3,(H,26,27)/p-1/b19-13-,25-23?. The highest BCUT2D eigenvalue weighted by molar-refractivity contribution is 8.18. The Morgan fingerprint density at radius 1 is 1.06 bits per heavy atom. The normalized spacial score (nSPS) is 15.7. The van der Waals surface area contributed by atoms with Crippen molar-refractivity contribution in [3.63, 3.8) is 0 Å². The lowest BCUT2D eigenvalue weighted by molar-refractivity contribution is -0.307. The van der Waals surface area contributed by atoms with Crippen molar-refractivity contribution in [2.75, 3.05) is 19.8 Å². The summed E-state index contributed by atoms with van der Waals surface area (Å²) in [5.41, 5.74) is 1.03. The molecule has 1 heterocycles. The number of aliphatic hydroxyl groups excluding tert-OH is 1. The number of esters is 1.